The molecule has 0 bridgehead atoms. The average molecular weight is 321 g/mol. The third-order valence-corrected chi connectivity index (χ3v) is 4.18. The van der Waals surface area contributed by atoms with Gasteiger partial charge < -0.3 is 19.1 Å². The molecule has 0 spiro atoms. The molecule has 0 saturated carbocycles. The number of likely N-dealkylation sites (N-methyl/N-ethyl adjacent to an activating group) is 1. The Balaban J connectivity index is 1.94. The van der Waals surface area contributed by atoms with Gasteiger partial charge in [0, 0.05) is 25.3 Å². The summed E-state index contributed by atoms with van der Waals surface area (Å²) in [5, 5.41) is 0. The Labute approximate surface area is 138 Å². The van der Waals surface area contributed by atoms with Gasteiger partial charge in [0.2, 0.25) is 0 Å². The lowest BCUT2D eigenvalue weighted by molar-refractivity contribution is -0.142. The zero-order valence-electron chi connectivity index (χ0n) is 14.5. The van der Waals surface area contributed by atoms with E-state index in [9.17, 15) is 4.79 Å². The third-order valence-electron chi connectivity index (χ3n) is 4.18. The number of nitrogens with zero attached hydrogens (tertiary/aromatic N) is 1. The molecule has 5 nitrogen and oxygen atoms in total. The van der Waals surface area contributed by atoms with Crippen LogP contribution in [-0.4, -0.2) is 49.3 Å². The minimum absolute atomic E-state index is 0.0121. The minimum Gasteiger partial charge on any atom is -0.497 e. The second kappa shape index (κ2) is 7.68. The number of methoxy groups -OCH3 is 1. The van der Waals surface area contributed by atoms with Crippen molar-refractivity contribution in [3.8, 4) is 11.5 Å². The number of benzene rings is 1. The van der Waals surface area contributed by atoms with Gasteiger partial charge in [0.05, 0.1) is 12.7 Å². The average Bonchev–Trinajstić information content (AvgIpc) is 2.53. The predicted octanol–water partition coefficient (Wildman–Crippen LogP) is 2.88. The van der Waals surface area contributed by atoms with Crippen LogP contribution in [0.4, 0.5) is 0 Å². The van der Waals surface area contributed by atoms with Gasteiger partial charge in [0.1, 0.15) is 11.5 Å². The number of hydrogen-bond acceptors (Lipinski definition) is 4. The second-order valence-corrected chi connectivity index (χ2v) is 6.40. The van der Waals surface area contributed by atoms with Crippen molar-refractivity contribution >= 4 is 5.91 Å². The van der Waals surface area contributed by atoms with E-state index in [-0.39, 0.29) is 24.2 Å². The van der Waals surface area contributed by atoms with E-state index < -0.39 is 0 Å². The van der Waals surface area contributed by atoms with Crippen molar-refractivity contribution in [2.45, 2.75) is 45.3 Å². The summed E-state index contributed by atoms with van der Waals surface area (Å²) in [6, 6.07) is 7.50. The van der Waals surface area contributed by atoms with Crippen molar-refractivity contribution in [1.82, 2.24) is 4.90 Å². The van der Waals surface area contributed by atoms with Crippen LogP contribution in [0.1, 0.15) is 33.6 Å². The number of ether oxygens (including phenoxy) is 3. The topological polar surface area (TPSA) is 48.0 Å². The first-order valence-electron chi connectivity index (χ1n) is 8.15. The fraction of sp³-hybridized carbons (Fsp3) is 0.611. The van der Waals surface area contributed by atoms with Crippen molar-refractivity contribution in [3.63, 3.8) is 0 Å². The summed E-state index contributed by atoms with van der Waals surface area (Å²) in [7, 11) is 1.61. The summed E-state index contributed by atoms with van der Waals surface area (Å²) in [6.45, 7) is 7.57. The highest BCUT2D eigenvalue weighted by atomic mass is 16.5. The smallest absolute Gasteiger partial charge is 0.260 e. The zero-order chi connectivity index (χ0) is 16.9. The van der Waals surface area contributed by atoms with E-state index in [1.807, 2.05) is 30.0 Å². The van der Waals surface area contributed by atoms with Gasteiger partial charge in [-0.3, -0.25) is 4.79 Å². The van der Waals surface area contributed by atoms with Crippen molar-refractivity contribution in [2.24, 2.45) is 0 Å². The standard InChI is InChI=1S/C18H27NO4/c1-5-19(14-9-10-23-18(2,3)12-14)17(20)13-22-16-8-6-7-15(11-16)21-4/h6-8,11,14H,5,9-10,12-13H2,1-4H3/t14-/m1/s1. The molecule has 1 aromatic carbocycles. The monoisotopic (exact) mass is 321 g/mol. The van der Waals surface area contributed by atoms with Crippen LogP contribution in [0.15, 0.2) is 24.3 Å². The molecule has 23 heavy (non-hydrogen) atoms. The first kappa shape index (κ1) is 17.6. The van der Waals surface area contributed by atoms with Gasteiger partial charge in [-0.25, -0.2) is 0 Å². The van der Waals surface area contributed by atoms with Crippen LogP contribution in [-0.2, 0) is 9.53 Å². The largest absolute Gasteiger partial charge is 0.497 e. The van der Waals surface area contributed by atoms with Crippen LogP contribution >= 0.6 is 0 Å². The fourth-order valence-corrected chi connectivity index (χ4v) is 3.02. The first-order chi connectivity index (χ1) is 10.9. The minimum atomic E-state index is -0.176. The third kappa shape index (κ3) is 4.86. The van der Waals surface area contributed by atoms with Crippen LogP contribution in [0, 0.1) is 0 Å². The molecule has 2 rings (SSSR count). The van der Waals surface area contributed by atoms with E-state index in [4.69, 9.17) is 14.2 Å². The summed E-state index contributed by atoms with van der Waals surface area (Å²) in [5.41, 5.74) is -0.176. The Morgan fingerprint density at radius 3 is 2.78 bits per heavy atom. The lowest BCUT2D eigenvalue weighted by atomic mass is 9.93. The zero-order valence-corrected chi connectivity index (χ0v) is 14.5. The van der Waals surface area contributed by atoms with E-state index in [1.165, 1.54) is 0 Å². The lowest BCUT2D eigenvalue weighted by Crippen LogP contribution is -2.49. The molecule has 1 amide bonds. The highest BCUT2D eigenvalue weighted by Gasteiger charge is 2.33. The molecule has 1 aliphatic heterocycles. The Kier molecular flexibility index (Phi) is 5.88. The van der Waals surface area contributed by atoms with E-state index in [1.54, 1.807) is 13.2 Å². The number of carbonyl (C=O) groups excluding carboxylic acids is 1. The Morgan fingerprint density at radius 2 is 2.13 bits per heavy atom. The van der Waals surface area contributed by atoms with E-state index in [0.717, 1.165) is 12.8 Å². The molecular weight excluding hydrogens is 294 g/mol. The molecule has 0 aromatic heterocycles. The lowest BCUT2D eigenvalue weighted by Gasteiger charge is -2.40. The molecule has 1 saturated heterocycles. The molecule has 0 aliphatic carbocycles. The van der Waals surface area contributed by atoms with Crippen LogP contribution < -0.4 is 9.47 Å². The van der Waals surface area contributed by atoms with Gasteiger partial charge in [-0.15, -0.1) is 0 Å². The van der Waals surface area contributed by atoms with E-state index in [2.05, 4.69) is 13.8 Å². The quantitative estimate of drug-likeness (QED) is 0.808. The van der Waals surface area contributed by atoms with Gasteiger partial charge in [-0.1, -0.05) is 6.07 Å². The molecule has 128 valence electrons. The van der Waals surface area contributed by atoms with Crippen molar-refractivity contribution < 1.29 is 19.0 Å². The molecule has 0 unspecified atom stereocenters. The van der Waals surface area contributed by atoms with Gasteiger partial charge in [-0.05, 0) is 45.7 Å². The van der Waals surface area contributed by atoms with E-state index in [0.29, 0.717) is 24.7 Å². The molecule has 1 heterocycles. The van der Waals surface area contributed by atoms with Gasteiger partial charge >= 0.3 is 0 Å². The number of rotatable bonds is 6. The molecule has 1 aliphatic rings. The SMILES string of the molecule is CCN(C(=O)COc1cccc(OC)c1)[C@@H]1CCOC(C)(C)C1. The summed E-state index contributed by atoms with van der Waals surface area (Å²) >= 11 is 0. The van der Waals surface area contributed by atoms with Gasteiger partial charge in [0.25, 0.3) is 5.91 Å². The first-order valence-corrected chi connectivity index (χ1v) is 8.15. The van der Waals surface area contributed by atoms with Crippen LogP contribution in [0.3, 0.4) is 0 Å². The maximum Gasteiger partial charge on any atom is 0.260 e. The van der Waals surface area contributed by atoms with Crippen molar-refractivity contribution in [2.75, 3.05) is 26.9 Å². The summed E-state index contributed by atoms with van der Waals surface area (Å²) < 4.78 is 16.5. The van der Waals surface area contributed by atoms with Gasteiger partial charge in [0.15, 0.2) is 6.61 Å². The summed E-state index contributed by atoms with van der Waals surface area (Å²) in [6.07, 6.45) is 1.73. The molecule has 1 atom stereocenters. The van der Waals surface area contributed by atoms with Crippen molar-refractivity contribution in [3.05, 3.63) is 24.3 Å². The van der Waals surface area contributed by atoms with Crippen LogP contribution in [0.5, 0.6) is 11.5 Å². The molecular formula is C18H27NO4. The van der Waals surface area contributed by atoms with Crippen molar-refractivity contribution in [1.29, 1.82) is 0 Å². The van der Waals surface area contributed by atoms with Gasteiger partial charge in [-0.2, -0.15) is 0 Å². The second-order valence-electron chi connectivity index (χ2n) is 6.40. The van der Waals surface area contributed by atoms with E-state index >= 15 is 0 Å². The van der Waals surface area contributed by atoms with Crippen LogP contribution in [0.2, 0.25) is 0 Å². The number of hydrogen-bond donors (Lipinski definition) is 0. The number of amides is 1. The Hall–Kier alpha value is -1.75. The Bertz CT molecular complexity index is 530. The maximum atomic E-state index is 12.5. The van der Waals surface area contributed by atoms with Crippen LogP contribution in [0.25, 0.3) is 0 Å². The molecule has 5 heteroatoms. The normalized spacial score (nSPS) is 19.9. The number of carbonyl (C=O) groups is 1. The highest BCUT2D eigenvalue weighted by Crippen LogP contribution is 2.27. The maximum absolute atomic E-state index is 12.5. The fourth-order valence-electron chi connectivity index (χ4n) is 3.02. The molecule has 1 aromatic rings. The molecule has 0 N–H and O–H groups in total. The summed E-state index contributed by atoms with van der Waals surface area (Å²) in [4.78, 5) is 14.4. The summed E-state index contributed by atoms with van der Waals surface area (Å²) in [5.74, 6) is 1.37. The molecule has 0 radical (unpaired) electrons. The molecule has 1 fully saturated rings. The predicted molar refractivity (Wildman–Crippen MR) is 88.9 cm³/mol. The highest BCUT2D eigenvalue weighted by molar-refractivity contribution is 5.78. The Morgan fingerprint density at radius 1 is 1.39 bits per heavy atom.